The molecule has 0 amide bonds. The molecule has 1 fully saturated rings. The molecular weight excluding hydrogens is 270 g/mol. The molecule has 2 N–H and O–H groups in total. The minimum Gasteiger partial charge on any atom is -0.489 e. The van der Waals surface area contributed by atoms with Gasteiger partial charge in [0.15, 0.2) is 0 Å². The number of nitrogens with two attached hydrogens (primary N) is 1. The fraction of sp³-hybridized carbons (Fsp3) is 0.400. The van der Waals surface area contributed by atoms with Gasteiger partial charge in [-0.25, -0.2) is 0 Å². The van der Waals surface area contributed by atoms with Crippen molar-refractivity contribution in [1.29, 1.82) is 0 Å². The van der Waals surface area contributed by atoms with Crippen LogP contribution in [0.2, 0.25) is 0 Å². The van der Waals surface area contributed by atoms with Gasteiger partial charge in [-0.2, -0.15) is 0 Å². The minimum absolute atomic E-state index is 0.390. The van der Waals surface area contributed by atoms with Gasteiger partial charge >= 0.3 is 0 Å². The minimum atomic E-state index is 0.390. The van der Waals surface area contributed by atoms with Gasteiger partial charge in [0, 0.05) is 6.04 Å². The number of rotatable bonds is 3. The van der Waals surface area contributed by atoms with Crippen molar-refractivity contribution in [3.63, 3.8) is 0 Å². The first kappa shape index (κ1) is 13.8. The predicted octanol–water partition coefficient (Wildman–Crippen LogP) is 3.72. The van der Waals surface area contributed by atoms with Crippen LogP contribution in [0.1, 0.15) is 29.5 Å². The number of benzene rings is 2. The Morgan fingerprint density at radius 2 is 1.64 bits per heavy atom. The summed E-state index contributed by atoms with van der Waals surface area (Å²) in [4.78, 5) is 0. The van der Waals surface area contributed by atoms with Gasteiger partial charge in [-0.3, -0.25) is 0 Å². The van der Waals surface area contributed by atoms with Gasteiger partial charge in [0.05, 0.1) is 0 Å². The standard InChI is InChI=1S/C20H23NO/c21-20-16-6-7-17(20)11-18-12-19(9-8-15(18)10-16)22-13-14-4-2-1-3-5-14/h1-5,8-9,12,16-17,20H,6-7,10-11,13,21H2/t16-,17+,20-/m0/s1. The van der Waals surface area contributed by atoms with Crippen LogP contribution >= 0.6 is 0 Å². The van der Waals surface area contributed by atoms with E-state index >= 15 is 0 Å². The molecule has 0 heterocycles. The van der Waals surface area contributed by atoms with E-state index < -0.39 is 0 Å². The van der Waals surface area contributed by atoms with Gasteiger partial charge in [-0.05, 0) is 66.3 Å². The van der Waals surface area contributed by atoms with Gasteiger partial charge in [0.1, 0.15) is 12.4 Å². The molecule has 2 aliphatic carbocycles. The number of fused-ring (bicyclic) bond motifs is 3. The quantitative estimate of drug-likeness (QED) is 0.936. The van der Waals surface area contributed by atoms with Crippen molar-refractivity contribution in [3.05, 3.63) is 65.2 Å². The monoisotopic (exact) mass is 293 g/mol. The Bertz CT molecular complexity index is 652. The summed E-state index contributed by atoms with van der Waals surface area (Å²) in [6.07, 6.45) is 4.86. The maximum absolute atomic E-state index is 6.41. The van der Waals surface area contributed by atoms with Crippen LogP contribution in [0.15, 0.2) is 48.5 Å². The zero-order chi connectivity index (χ0) is 14.9. The number of hydrogen-bond acceptors (Lipinski definition) is 2. The van der Waals surface area contributed by atoms with Gasteiger partial charge in [-0.1, -0.05) is 36.4 Å². The third-order valence-electron chi connectivity index (χ3n) is 5.39. The van der Waals surface area contributed by atoms with E-state index in [1.807, 2.05) is 18.2 Å². The third-order valence-corrected chi connectivity index (χ3v) is 5.39. The zero-order valence-corrected chi connectivity index (χ0v) is 12.9. The van der Waals surface area contributed by atoms with Crippen molar-refractivity contribution in [2.24, 2.45) is 17.6 Å². The first-order valence-corrected chi connectivity index (χ1v) is 8.34. The number of ether oxygens (including phenoxy) is 1. The SMILES string of the molecule is N[C@@H]1[C@@H]2CC[C@H]1Cc1ccc(OCc3ccccc3)cc1C2. The van der Waals surface area contributed by atoms with Gasteiger partial charge in [-0.15, -0.1) is 0 Å². The molecule has 22 heavy (non-hydrogen) atoms. The number of hydrogen-bond donors (Lipinski definition) is 1. The summed E-state index contributed by atoms with van der Waals surface area (Å²) in [6, 6.07) is 17.3. The maximum atomic E-state index is 6.41. The van der Waals surface area contributed by atoms with Crippen LogP contribution < -0.4 is 10.5 Å². The van der Waals surface area contributed by atoms with Gasteiger partial charge in [0.25, 0.3) is 0 Å². The van der Waals surface area contributed by atoms with E-state index in [1.165, 1.54) is 29.5 Å². The molecule has 2 aromatic carbocycles. The van der Waals surface area contributed by atoms with Crippen molar-refractivity contribution < 1.29 is 4.74 Å². The Balaban J connectivity index is 1.51. The maximum Gasteiger partial charge on any atom is 0.120 e. The Labute approximate surface area is 132 Å². The summed E-state index contributed by atoms with van der Waals surface area (Å²) in [5.74, 6) is 2.33. The molecule has 2 aromatic rings. The van der Waals surface area contributed by atoms with Crippen molar-refractivity contribution in [2.75, 3.05) is 0 Å². The molecule has 0 unspecified atom stereocenters. The molecule has 3 atom stereocenters. The summed E-state index contributed by atoms with van der Waals surface area (Å²) >= 11 is 0. The normalized spacial score (nSPS) is 26.3. The highest BCUT2D eigenvalue weighted by atomic mass is 16.5. The lowest BCUT2D eigenvalue weighted by Gasteiger charge is -2.15. The van der Waals surface area contributed by atoms with Crippen LogP contribution in [0, 0.1) is 11.8 Å². The molecule has 0 radical (unpaired) electrons. The molecule has 0 aromatic heterocycles. The van der Waals surface area contributed by atoms with E-state index in [2.05, 4.69) is 30.3 Å². The Morgan fingerprint density at radius 1 is 0.909 bits per heavy atom. The van der Waals surface area contributed by atoms with E-state index in [1.54, 1.807) is 0 Å². The average Bonchev–Trinajstić information content (AvgIpc) is 2.80. The van der Waals surface area contributed by atoms with Crippen LogP contribution in [0.4, 0.5) is 0 Å². The molecular formula is C20H23NO. The second kappa shape index (κ2) is 5.77. The first-order valence-electron chi connectivity index (χ1n) is 8.34. The smallest absolute Gasteiger partial charge is 0.120 e. The van der Waals surface area contributed by atoms with E-state index in [9.17, 15) is 0 Å². The van der Waals surface area contributed by atoms with Gasteiger partial charge < -0.3 is 10.5 Å². The molecule has 114 valence electrons. The summed E-state index contributed by atoms with van der Waals surface area (Å²) in [5, 5.41) is 0. The first-order chi connectivity index (χ1) is 10.8. The molecule has 2 aliphatic rings. The van der Waals surface area contributed by atoms with Crippen LogP contribution in [0.5, 0.6) is 5.75 Å². The second-order valence-corrected chi connectivity index (χ2v) is 6.79. The van der Waals surface area contributed by atoms with Crippen molar-refractivity contribution in [2.45, 2.75) is 38.3 Å². The van der Waals surface area contributed by atoms with E-state index in [4.69, 9.17) is 10.5 Å². The Morgan fingerprint density at radius 3 is 2.41 bits per heavy atom. The fourth-order valence-electron chi connectivity index (χ4n) is 4.06. The second-order valence-electron chi connectivity index (χ2n) is 6.79. The lowest BCUT2D eigenvalue weighted by molar-refractivity contribution is 0.305. The topological polar surface area (TPSA) is 35.2 Å². The molecule has 0 saturated heterocycles. The lowest BCUT2D eigenvalue weighted by atomic mass is 9.93. The Kier molecular flexibility index (Phi) is 3.63. The fourth-order valence-corrected chi connectivity index (χ4v) is 4.06. The van der Waals surface area contributed by atoms with E-state index in [0.717, 1.165) is 18.6 Å². The predicted molar refractivity (Wildman–Crippen MR) is 88.8 cm³/mol. The third kappa shape index (κ3) is 2.64. The summed E-state index contributed by atoms with van der Waals surface area (Å²) in [7, 11) is 0. The highest BCUT2D eigenvalue weighted by molar-refractivity contribution is 5.38. The van der Waals surface area contributed by atoms with Crippen molar-refractivity contribution in [3.8, 4) is 5.75 Å². The zero-order valence-electron chi connectivity index (χ0n) is 12.9. The molecule has 0 spiro atoms. The molecule has 1 saturated carbocycles. The van der Waals surface area contributed by atoms with Crippen molar-refractivity contribution in [1.82, 2.24) is 0 Å². The molecule has 2 bridgehead atoms. The van der Waals surface area contributed by atoms with E-state index in [0.29, 0.717) is 24.5 Å². The molecule has 2 heteroatoms. The molecule has 2 nitrogen and oxygen atoms in total. The lowest BCUT2D eigenvalue weighted by Crippen LogP contribution is -2.31. The summed E-state index contributed by atoms with van der Waals surface area (Å²) < 4.78 is 5.97. The molecule has 4 rings (SSSR count). The van der Waals surface area contributed by atoms with Crippen LogP contribution in [0.25, 0.3) is 0 Å². The summed E-state index contributed by atoms with van der Waals surface area (Å²) in [6.45, 7) is 0.630. The van der Waals surface area contributed by atoms with E-state index in [-0.39, 0.29) is 0 Å². The largest absolute Gasteiger partial charge is 0.489 e. The van der Waals surface area contributed by atoms with Crippen LogP contribution in [-0.2, 0) is 19.4 Å². The van der Waals surface area contributed by atoms with Crippen molar-refractivity contribution >= 4 is 0 Å². The Hall–Kier alpha value is -1.80. The van der Waals surface area contributed by atoms with Crippen LogP contribution in [-0.4, -0.2) is 6.04 Å². The summed E-state index contributed by atoms with van der Waals surface area (Å²) in [5.41, 5.74) is 10.5. The highest BCUT2D eigenvalue weighted by Gasteiger charge is 2.36. The average molecular weight is 293 g/mol. The highest BCUT2D eigenvalue weighted by Crippen LogP contribution is 2.39. The molecule has 0 aliphatic heterocycles. The van der Waals surface area contributed by atoms with Gasteiger partial charge in [0.2, 0.25) is 0 Å². The van der Waals surface area contributed by atoms with Crippen LogP contribution in [0.3, 0.4) is 0 Å².